The molecule has 0 saturated heterocycles. The van der Waals surface area contributed by atoms with E-state index in [-0.39, 0.29) is 0 Å². The van der Waals surface area contributed by atoms with Crippen LogP contribution in [0, 0.1) is 17.2 Å². The minimum atomic E-state index is 0.338. The molecule has 108 valence electrons. The number of benzene rings is 1. The first-order chi connectivity index (χ1) is 9.71. The lowest BCUT2D eigenvalue weighted by Gasteiger charge is -2.37. The van der Waals surface area contributed by atoms with E-state index >= 15 is 0 Å². The summed E-state index contributed by atoms with van der Waals surface area (Å²) in [7, 11) is 0. The van der Waals surface area contributed by atoms with Crippen LogP contribution in [-0.2, 0) is 0 Å². The third kappa shape index (κ3) is 3.03. The van der Waals surface area contributed by atoms with Gasteiger partial charge in [0, 0.05) is 12.1 Å². The van der Waals surface area contributed by atoms with E-state index in [2.05, 4.69) is 30.9 Å². The van der Waals surface area contributed by atoms with Crippen molar-refractivity contribution < 1.29 is 0 Å². The number of hydrogen-bond acceptors (Lipinski definition) is 3. The highest BCUT2D eigenvalue weighted by molar-refractivity contribution is 5.34. The van der Waals surface area contributed by atoms with Crippen LogP contribution in [0.4, 0.5) is 0 Å². The van der Waals surface area contributed by atoms with Gasteiger partial charge >= 0.3 is 0 Å². The van der Waals surface area contributed by atoms with Crippen LogP contribution >= 0.6 is 0 Å². The summed E-state index contributed by atoms with van der Waals surface area (Å²) in [6.07, 6.45) is 3.79. The normalized spacial score (nSPS) is 23.8. The fraction of sp³-hybridized carbons (Fsp3) is 0.588. The van der Waals surface area contributed by atoms with Gasteiger partial charge in [0.2, 0.25) is 0 Å². The highest BCUT2D eigenvalue weighted by Gasteiger charge is 2.33. The number of nitriles is 1. The molecule has 1 saturated carbocycles. The van der Waals surface area contributed by atoms with E-state index in [1.165, 1.54) is 24.8 Å². The summed E-state index contributed by atoms with van der Waals surface area (Å²) in [5.74, 6) is 0.622. The zero-order chi connectivity index (χ0) is 14.5. The van der Waals surface area contributed by atoms with Crippen LogP contribution in [0.2, 0.25) is 0 Å². The molecule has 0 heterocycles. The fourth-order valence-corrected chi connectivity index (χ4v) is 3.58. The van der Waals surface area contributed by atoms with Gasteiger partial charge < -0.3 is 5.73 Å². The highest BCUT2D eigenvalue weighted by atomic mass is 15.2. The molecule has 0 radical (unpaired) electrons. The maximum Gasteiger partial charge on any atom is 0.0991 e. The number of hydrogen-bond donors (Lipinski definition) is 1. The predicted octanol–water partition coefficient (Wildman–Crippen LogP) is 3.07. The summed E-state index contributed by atoms with van der Waals surface area (Å²) in [6, 6.07) is 11.1. The van der Waals surface area contributed by atoms with Gasteiger partial charge in [-0.25, -0.2) is 0 Å². The predicted molar refractivity (Wildman–Crippen MR) is 82.1 cm³/mol. The molecule has 3 heteroatoms. The SMILES string of the molecule is CCN(C(C)c1cccc(C#N)c1)C1CCCC1CN. The Morgan fingerprint density at radius 3 is 2.90 bits per heavy atom. The zero-order valence-corrected chi connectivity index (χ0v) is 12.5. The second-order valence-electron chi connectivity index (χ2n) is 5.74. The van der Waals surface area contributed by atoms with Crippen LogP contribution in [0.25, 0.3) is 0 Å². The molecule has 0 amide bonds. The quantitative estimate of drug-likeness (QED) is 0.895. The molecular formula is C17H25N3. The summed E-state index contributed by atoms with van der Waals surface area (Å²) < 4.78 is 0. The Labute approximate surface area is 122 Å². The second-order valence-corrected chi connectivity index (χ2v) is 5.74. The van der Waals surface area contributed by atoms with Gasteiger partial charge in [0.15, 0.2) is 0 Å². The zero-order valence-electron chi connectivity index (χ0n) is 12.5. The third-order valence-electron chi connectivity index (χ3n) is 4.71. The van der Waals surface area contributed by atoms with E-state index < -0.39 is 0 Å². The molecule has 2 N–H and O–H groups in total. The van der Waals surface area contributed by atoms with Crippen LogP contribution in [-0.4, -0.2) is 24.0 Å². The van der Waals surface area contributed by atoms with Crippen molar-refractivity contribution in [1.82, 2.24) is 4.90 Å². The van der Waals surface area contributed by atoms with Gasteiger partial charge in [-0.2, -0.15) is 5.26 Å². The van der Waals surface area contributed by atoms with Gasteiger partial charge in [-0.05, 0) is 56.5 Å². The lowest BCUT2D eigenvalue weighted by molar-refractivity contribution is 0.123. The number of nitrogens with two attached hydrogens (primary N) is 1. The maximum atomic E-state index is 9.05. The second kappa shape index (κ2) is 6.88. The number of nitrogens with zero attached hydrogens (tertiary/aromatic N) is 2. The molecule has 1 aliphatic rings. The van der Waals surface area contributed by atoms with Gasteiger partial charge in [-0.15, -0.1) is 0 Å². The van der Waals surface area contributed by atoms with E-state index in [1.807, 2.05) is 18.2 Å². The highest BCUT2D eigenvalue weighted by Crippen LogP contribution is 2.34. The monoisotopic (exact) mass is 271 g/mol. The molecule has 1 aromatic carbocycles. The summed E-state index contributed by atoms with van der Waals surface area (Å²) >= 11 is 0. The first-order valence-electron chi connectivity index (χ1n) is 7.67. The van der Waals surface area contributed by atoms with Gasteiger partial charge in [0.05, 0.1) is 11.6 Å². The molecule has 3 atom stereocenters. The van der Waals surface area contributed by atoms with Crippen molar-refractivity contribution in [3.05, 3.63) is 35.4 Å². The lowest BCUT2D eigenvalue weighted by atomic mass is 9.97. The van der Waals surface area contributed by atoms with Crippen molar-refractivity contribution in [3.63, 3.8) is 0 Å². The van der Waals surface area contributed by atoms with Gasteiger partial charge in [-0.3, -0.25) is 4.90 Å². The Balaban J connectivity index is 2.20. The Morgan fingerprint density at radius 1 is 1.45 bits per heavy atom. The van der Waals surface area contributed by atoms with Crippen molar-refractivity contribution in [2.24, 2.45) is 11.7 Å². The average Bonchev–Trinajstić information content (AvgIpc) is 2.96. The average molecular weight is 271 g/mol. The van der Waals surface area contributed by atoms with E-state index in [0.717, 1.165) is 18.7 Å². The smallest absolute Gasteiger partial charge is 0.0991 e. The number of rotatable bonds is 5. The molecule has 0 aromatic heterocycles. The van der Waals surface area contributed by atoms with Gasteiger partial charge in [0.25, 0.3) is 0 Å². The lowest BCUT2D eigenvalue weighted by Crippen LogP contribution is -2.41. The summed E-state index contributed by atoms with van der Waals surface area (Å²) in [5.41, 5.74) is 7.90. The topological polar surface area (TPSA) is 53.0 Å². The fourth-order valence-electron chi connectivity index (χ4n) is 3.58. The van der Waals surface area contributed by atoms with Gasteiger partial charge in [-0.1, -0.05) is 25.5 Å². The molecule has 0 spiro atoms. The van der Waals surface area contributed by atoms with Crippen LogP contribution < -0.4 is 5.73 Å². The van der Waals surface area contributed by atoms with Crippen molar-refractivity contribution in [1.29, 1.82) is 5.26 Å². The molecule has 1 aromatic rings. The van der Waals surface area contributed by atoms with Crippen molar-refractivity contribution in [2.45, 2.75) is 45.2 Å². The summed E-state index contributed by atoms with van der Waals surface area (Å²) in [4.78, 5) is 2.56. The van der Waals surface area contributed by atoms with E-state index in [9.17, 15) is 0 Å². The van der Waals surface area contributed by atoms with Crippen LogP contribution in [0.15, 0.2) is 24.3 Å². The van der Waals surface area contributed by atoms with E-state index in [4.69, 9.17) is 11.0 Å². The summed E-state index contributed by atoms with van der Waals surface area (Å²) in [6.45, 7) is 6.27. The van der Waals surface area contributed by atoms with Crippen LogP contribution in [0.3, 0.4) is 0 Å². The van der Waals surface area contributed by atoms with Crippen molar-refractivity contribution in [2.75, 3.05) is 13.1 Å². The molecule has 0 aliphatic heterocycles. The first-order valence-corrected chi connectivity index (χ1v) is 7.67. The standard InChI is InChI=1S/C17H25N3/c1-3-20(17-9-5-8-16(17)12-19)13(2)15-7-4-6-14(10-15)11-18/h4,6-7,10,13,16-17H,3,5,8-9,12,19H2,1-2H3. The molecule has 20 heavy (non-hydrogen) atoms. The molecule has 1 aliphatic carbocycles. The van der Waals surface area contributed by atoms with Gasteiger partial charge in [0.1, 0.15) is 0 Å². The molecule has 3 nitrogen and oxygen atoms in total. The maximum absolute atomic E-state index is 9.05. The van der Waals surface area contributed by atoms with E-state index in [1.54, 1.807) is 0 Å². The summed E-state index contributed by atoms with van der Waals surface area (Å²) in [5, 5.41) is 9.05. The van der Waals surface area contributed by atoms with Crippen LogP contribution in [0.1, 0.15) is 50.3 Å². The molecular weight excluding hydrogens is 246 g/mol. The Kier molecular flexibility index (Phi) is 5.17. The molecule has 2 rings (SSSR count). The third-order valence-corrected chi connectivity index (χ3v) is 4.71. The largest absolute Gasteiger partial charge is 0.330 e. The Morgan fingerprint density at radius 2 is 2.25 bits per heavy atom. The Bertz CT molecular complexity index is 477. The molecule has 3 unspecified atom stereocenters. The van der Waals surface area contributed by atoms with Crippen LogP contribution in [0.5, 0.6) is 0 Å². The minimum absolute atomic E-state index is 0.338. The molecule has 1 fully saturated rings. The van der Waals surface area contributed by atoms with E-state index in [0.29, 0.717) is 18.0 Å². The minimum Gasteiger partial charge on any atom is -0.330 e. The molecule has 0 bridgehead atoms. The van der Waals surface area contributed by atoms with Crippen molar-refractivity contribution in [3.8, 4) is 6.07 Å². The Hall–Kier alpha value is -1.37. The van der Waals surface area contributed by atoms with Crippen molar-refractivity contribution >= 4 is 0 Å². The first kappa shape index (κ1) is 15.0.